The van der Waals surface area contributed by atoms with Gasteiger partial charge in [-0.1, -0.05) is 30.3 Å². The van der Waals surface area contributed by atoms with Crippen molar-refractivity contribution in [1.29, 1.82) is 0 Å². The lowest BCUT2D eigenvalue weighted by Crippen LogP contribution is -2.53. The summed E-state index contributed by atoms with van der Waals surface area (Å²) in [4.78, 5) is 14.8. The number of benzene rings is 2. The lowest BCUT2D eigenvalue weighted by atomic mass is 10.1. The molecule has 142 valence electrons. The minimum absolute atomic E-state index is 0.0706. The Morgan fingerprint density at radius 3 is 2.48 bits per heavy atom. The molecule has 2 aromatic rings. The molecule has 7 heteroatoms. The molecule has 0 bridgehead atoms. The minimum atomic E-state index is -3.53. The topological polar surface area (TPSA) is 66.9 Å². The number of rotatable bonds is 3. The van der Waals surface area contributed by atoms with E-state index in [-0.39, 0.29) is 5.91 Å². The maximum atomic E-state index is 12.8. The Bertz CT molecular complexity index is 940. The number of ether oxygens (including phenoxy) is 1. The van der Waals surface area contributed by atoms with Crippen LogP contribution in [0, 0.1) is 6.92 Å². The molecule has 4 rings (SSSR count). The van der Waals surface area contributed by atoms with E-state index in [9.17, 15) is 13.2 Å². The predicted octanol–water partition coefficient (Wildman–Crippen LogP) is 1.83. The highest BCUT2D eigenvalue weighted by molar-refractivity contribution is 7.89. The molecule has 6 nitrogen and oxygen atoms in total. The van der Waals surface area contributed by atoms with Crippen LogP contribution in [-0.2, 0) is 21.2 Å². The van der Waals surface area contributed by atoms with Gasteiger partial charge >= 0.3 is 0 Å². The van der Waals surface area contributed by atoms with Crippen molar-refractivity contribution in [2.24, 2.45) is 0 Å². The second-order valence-corrected chi connectivity index (χ2v) is 8.90. The zero-order valence-electron chi connectivity index (χ0n) is 15.2. The fourth-order valence-electron chi connectivity index (χ4n) is 3.60. The molecule has 0 saturated carbocycles. The Morgan fingerprint density at radius 1 is 1.04 bits per heavy atom. The maximum Gasteiger partial charge on any atom is 0.264 e. The van der Waals surface area contributed by atoms with Crippen molar-refractivity contribution in [1.82, 2.24) is 9.21 Å². The molecule has 1 amide bonds. The van der Waals surface area contributed by atoms with Crippen molar-refractivity contribution in [2.45, 2.75) is 24.3 Å². The van der Waals surface area contributed by atoms with E-state index in [1.807, 2.05) is 37.3 Å². The first kappa shape index (κ1) is 18.0. The van der Waals surface area contributed by atoms with Crippen molar-refractivity contribution < 1.29 is 17.9 Å². The second-order valence-electron chi connectivity index (χ2n) is 6.96. The van der Waals surface area contributed by atoms with E-state index in [4.69, 9.17) is 4.74 Å². The molecule has 1 saturated heterocycles. The molecule has 0 spiro atoms. The number of hydrogen-bond donors (Lipinski definition) is 0. The average Bonchev–Trinajstić information content (AvgIpc) is 3.12. The van der Waals surface area contributed by atoms with Gasteiger partial charge in [-0.3, -0.25) is 4.79 Å². The molecule has 0 aromatic heterocycles. The van der Waals surface area contributed by atoms with Crippen LogP contribution in [0.25, 0.3) is 0 Å². The first-order valence-corrected chi connectivity index (χ1v) is 10.5. The third kappa shape index (κ3) is 3.44. The van der Waals surface area contributed by atoms with Gasteiger partial charge in [-0.05, 0) is 36.2 Å². The summed E-state index contributed by atoms with van der Waals surface area (Å²) in [6.07, 6.45) is 0.0546. The average molecular weight is 386 g/mol. The van der Waals surface area contributed by atoms with Crippen LogP contribution in [-0.4, -0.2) is 55.8 Å². The van der Waals surface area contributed by atoms with Gasteiger partial charge in [0.2, 0.25) is 10.0 Å². The zero-order valence-corrected chi connectivity index (χ0v) is 16.0. The van der Waals surface area contributed by atoms with Crippen molar-refractivity contribution in [3.8, 4) is 5.75 Å². The zero-order chi connectivity index (χ0) is 19.0. The smallest absolute Gasteiger partial charge is 0.264 e. The summed E-state index contributed by atoms with van der Waals surface area (Å²) in [5.74, 6) is 0.690. The summed E-state index contributed by atoms with van der Waals surface area (Å²) in [5.41, 5.74) is 1.94. The van der Waals surface area contributed by atoms with Crippen LogP contribution in [0.5, 0.6) is 5.75 Å². The summed E-state index contributed by atoms with van der Waals surface area (Å²) in [5, 5.41) is 0. The van der Waals surface area contributed by atoms with E-state index in [1.54, 1.807) is 23.1 Å². The SMILES string of the molecule is Cc1cccc(S(=O)(=O)N2CCN(C(=O)C3Cc4ccccc4O3)CC2)c1. The number of sulfonamides is 1. The van der Waals surface area contributed by atoms with Crippen molar-refractivity contribution in [3.63, 3.8) is 0 Å². The third-order valence-electron chi connectivity index (χ3n) is 5.10. The standard InChI is InChI=1S/C20H22N2O4S/c1-15-5-4-7-17(13-15)27(24,25)22-11-9-21(10-12-22)20(23)19-14-16-6-2-3-8-18(16)26-19/h2-8,13,19H,9-12,14H2,1H3. The van der Waals surface area contributed by atoms with Gasteiger partial charge < -0.3 is 9.64 Å². The lowest BCUT2D eigenvalue weighted by molar-refractivity contribution is -0.139. The van der Waals surface area contributed by atoms with Crippen LogP contribution in [0.3, 0.4) is 0 Å². The Hall–Kier alpha value is -2.38. The number of para-hydroxylation sites is 1. The lowest BCUT2D eigenvalue weighted by Gasteiger charge is -2.35. The number of nitrogens with zero attached hydrogens (tertiary/aromatic N) is 2. The molecule has 0 aliphatic carbocycles. The molecule has 1 fully saturated rings. The fraction of sp³-hybridized carbons (Fsp3) is 0.350. The molecule has 1 atom stereocenters. The number of carbonyl (C=O) groups is 1. The van der Waals surface area contributed by atoms with Crippen LogP contribution < -0.4 is 4.74 Å². The monoisotopic (exact) mass is 386 g/mol. The quantitative estimate of drug-likeness (QED) is 0.807. The van der Waals surface area contributed by atoms with E-state index in [0.29, 0.717) is 37.5 Å². The highest BCUT2D eigenvalue weighted by Crippen LogP contribution is 2.29. The highest BCUT2D eigenvalue weighted by Gasteiger charge is 2.35. The molecule has 0 N–H and O–H groups in total. The summed E-state index contributed by atoms with van der Waals surface area (Å²) in [6, 6.07) is 14.6. The van der Waals surface area contributed by atoms with Crippen LogP contribution in [0.1, 0.15) is 11.1 Å². The van der Waals surface area contributed by atoms with Gasteiger partial charge in [-0.2, -0.15) is 4.31 Å². The van der Waals surface area contributed by atoms with Crippen molar-refractivity contribution in [3.05, 3.63) is 59.7 Å². The Balaban J connectivity index is 1.40. The molecule has 1 unspecified atom stereocenters. The number of carbonyl (C=O) groups excluding carboxylic acids is 1. The molecule has 27 heavy (non-hydrogen) atoms. The van der Waals surface area contributed by atoms with E-state index in [2.05, 4.69) is 0 Å². The summed E-state index contributed by atoms with van der Waals surface area (Å²) in [7, 11) is -3.53. The number of piperazine rings is 1. The normalized spacial score (nSPS) is 20.2. The molecule has 2 aliphatic heterocycles. The van der Waals surface area contributed by atoms with Gasteiger partial charge in [-0.15, -0.1) is 0 Å². The van der Waals surface area contributed by atoms with Gasteiger partial charge in [0.05, 0.1) is 4.90 Å². The first-order valence-electron chi connectivity index (χ1n) is 9.05. The number of fused-ring (bicyclic) bond motifs is 1. The number of amides is 1. The van der Waals surface area contributed by atoms with Crippen LogP contribution in [0.15, 0.2) is 53.4 Å². The predicted molar refractivity (Wildman–Crippen MR) is 101 cm³/mol. The molecule has 2 aliphatic rings. The first-order chi connectivity index (χ1) is 12.9. The number of aryl methyl sites for hydroxylation is 1. The van der Waals surface area contributed by atoms with E-state index in [1.165, 1.54) is 4.31 Å². The Kier molecular flexibility index (Phi) is 4.65. The third-order valence-corrected chi connectivity index (χ3v) is 6.99. The number of hydrogen-bond acceptors (Lipinski definition) is 4. The largest absolute Gasteiger partial charge is 0.480 e. The van der Waals surface area contributed by atoms with E-state index < -0.39 is 16.1 Å². The van der Waals surface area contributed by atoms with E-state index in [0.717, 1.165) is 16.9 Å². The van der Waals surface area contributed by atoms with Crippen molar-refractivity contribution >= 4 is 15.9 Å². The van der Waals surface area contributed by atoms with Gasteiger partial charge in [0, 0.05) is 32.6 Å². The van der Waals surface area contributed by atoms with Crippen LogP contribution >= 0.6 is 0 Å². The van der Waals surface area contributed by atoms with Gasteiger partial charge in [0.25, 0.3) is 5.91 Å². The molecular formula is C20H22N2O4S. The van der Waals surface area contributed by atoms with Crippen molar-refractivity contribution in [2.75, 3.05) is 26.2 Å². The van der Waals surface area contributed by atoms with E-state index >= 15 is 0 Å². The van der Waals surface area contributed by atoms with Crippen LogP contribution in [0.4, 0.5) is 0 Å². The summed E-state index contributed by atoms with van der Waals surface area (Å²) >= 11 is 0. The Labute approximate surface area is 159 Å². The summed E-state index contributed by atoms with van der Waals surface area (Å²) in [6.45, 7) is 3.21. The minimum Gasteiger partial charge on any atom is -0.480 e. The van der Waals surface area contributed by atoms with Crippen LogP contribution in [0.2, 0.25) is 0 Å². The second kappa shape index (κ2) is 6.98. The Morgan fingerprint density at radius 2 is 1.78 bits per heavy atom. The summed E-state index contributed by atoms with van der Waals surface area (Å²) < 4.78 is 32.9. The highest BCUT2D eigenvalue weighted by atomic mass is 32.2. The van der Waals surface area contributed by atoms with Gasteiger partial charge in [-0.25, -0.2) is 8.42 Å². The van der Waals surface area contributed by atoms with Gasteiger partial charge in [0.15, 0.2) is 6.10 Å². The molecule has 2 aromatic carbocycles. The molecule has 2 heterocycles. The van der Waals surface area contributed by atoms with Gasteiger partial charge in [0.1, 0.15) is 5.75 Å². The molecular weight excluding hydrogens is 364 g/mol. The molecule has 0 radical (unpaired) electrons. The maximum absolute atomic E-state index is 12.8. The fourth-order valence-corrected chi connectivity index (χ4v) is 5.12.